The summed E-state index contributed by atoms with van der Waals surface area (Å²) in [5, 5.41) is 3.31. The molecule has 20 heavy (non-hydrogen) atoms. The van der Waals surface area contributed by atoms with Crippen molar-refractivity contribution in [3.8, 4) is 0 Å². The van der Waals surface area contributed by atoms with Crippen LogP contribution >= 0.6 is 0 Å². The van der Waals surface area contributed by atoms with Crippen molar-refractivity contribution in [2.24, 2.45) is 0 Å². The third-order valence-electron chi connectivity index (χ3n) is 3.82. The van der Waals surface area contributed by atoms with Crippen molar-refractivity contribution in [1.82, 2.24) is 10.2 Å². The molecule has 1 saturated heterocycles. The average molecular weight is 280 g/mol. The fourth-order valence-corrected chi connectivity index (χ4v) is 2.71. The van der Waals surface area contributed by atoms with E-state index in [1.165, 1.54) is 24.8 Å². The molecule has 1 aliphatic heterocycles. The van der Waals surface area contributed by atoms with Gasteiger partial charge >= 0.3 is 0 Å². The van der Waals surface area contributed by atoms with Crippen molar-refractivity contribution < 1.29 is 9.15 Å². The molecule has 2 rings (SSSR count). The maximum atomic E-state index is 5.93. The highest BCUT2D eigenvalue weighted by atomic mass is 16.5. The summed E-state index contributed by atoms with van der Waals surface area (Å²) in [7, 11) is 2.14. The molecule has 1 aromatic rings. The van der Waals surface area contributed by atoms with E-state index < -0.39 is 0 Å². The van der Waals surface area contributed by atoms with E-state index in [9.17, 15) is 0 Å². The summed E-state index contributed by atoms with van der Waals surface area (Å²) in [6.07, 6.45) is 4.09. The van der Waals surface area contributed by atoms with Gasteiger partial charge in [0.25, 0.3) is 0 Å². The summed E-state index contributed by atoms with van der Waals surface area (Å²) < 4.78 is 11.7. The Hall–Kier alpha value is -0.840. The Balaban J connectivity index is 1.82. The average Bonchev–Trinajstić information content (AvgIpc) is 2.77. The number of hydrogen-bond donors (Lipinski definition) is 1. The summed E-state index contributed by atoms with van der Waals surface area (Å²) in [5.74, 6) is 2.11. The van der Waals surface area contributed by atoms with Gasteiger partial charge in [-0.3, -0.25) is 4.90 Å². The molecule has 1 fully saturated rings. The van der Waals surface area contributed by atoms with E-state index in [-0.39, 0.29) is 0 Å². The van der Waals surface area contributed by atoms with Gasteiger partial charge in [0.05, 0.1) is 19.2 Å². The molecule has 0 radical (unpaired) electrons. The quantitative estimate of drug-likeness (QED) is 0.833. The molecule has 0 aliphatic carbocycles. The molecule has 1 N–H and O–H groups in total. The van der Waals surface area contributed by atoms with Gasteiger partial charge in [0.1, 0.15) is 11.5 Å². The van der Waals surface area contributed by atoms with Gasteiger partial charge in [-0.25, -0.2) is 0 Å². The molecule has 0 amide bonds. The van der Waals surface area contributed by atoms with Crippen LogP contribution in [-0.2, 0) is 17.8 Å². The van der Waals surface area contributed by atoms with Crippen LogP contribution in [0, 0.1) is 6.92 Å². The number of furan rings is 1. The number of rotatable bonds is 7. The number of nitrogens with zero attached hydrogens (tertiary/aromatic N) is 1. The second kappa shape index (κ2) is 7.81. The van der Waals surface area contributed by atoms with Gasteiger partial charge in [-0.15, -0.1) is 0 Å². The fourth-order valence-electron chi connectivity index (χ4n) is 2.71. The molecule has 1 atom stereocenters. The van der Waals surface area contributed by atoms with Crippen molar-refractivity contribution >= 4 is 0 Å². The number of hydrogen-bond acceptors (Lipinski definition) is 4. The monoisotopic (exact) mass is 280 g/mol. The minimum absolute atomic E-state index is 0.394. The third kappa shape index (κ3) is 4.62. The van der Waals surface area contributed by atoms with Gasteiger partial charge in [-0.1, -0.05) is 6.92 Å². The maximum absolute atomic E-state index is 5.93. The minimum atomic E-state index is 0.394. The lowest BCUT2D eigenvalue weighted by Crippen LogP contribution is -2.32. The first-order valence-electron chi connectivity index (χ1n) is 7.78. The largest absolute Gasteiger partial charge is 0.463 e. The maximum Gasteiger partial charge on any atom is 0.120 e. The molecule has 0 saturated carbocycles. The first kappa shape index (κ1) is 15.5. The Morgan fingerprint density at radius 1 is 1.40 bits per heavy atom. The van der Waals surface area contributed by atoms with Gasteiger partial charge in [-0.05, 0) is 51.4 Å². The van der Waals surface area contributed by atoms with Gasteiger partial charge < -0.3 is 14.5 Å². The minimum Gasteiger partial charge on any atom is -0.463 e. The molecule has 1 unspecified atom stereocenters. The molecule has 4 nitrogen and oxygen atoms in total. The molecular formula is C16H28N2O2. The van der Waals surface area contributed by atoms with E-state index in [0.717, 1.165) is 44.3 Å². The topological polar surface area (TPSA) is 37.6 Å². The molecule has 4 heteroatoms. The highest BCUT2D eigenvalue weighted by Gasteiger charge is 2.17. The summed E-state index contributed by atoms with van der Waals surface area (Å²) in [4.78, 5) is 2.30. The zero-order valence-corrected chi connectivity index (χ0v) is 13.1. The zero-order chi connectivity index (χ0) is 14.4. The van der Waals surface area contributed by atoms with Crippen LogP contribution in [0.4, 0.5) is 0 Å². The van der Waals surface area contributed by atoms with Crippen molar-refractivity contribution in [2.45, 2.75) is 52.3 Å². The van der Waals surface area contributed by atoms with Crippen LogP contribution in [0.1, 0.15) is 43.3 Å². The van der Waals surface area contributed by atoms with Crippen LogP contribution in [-0.4, -0.2) is 37.7 Å². The van der Waals surface area contributed by atoms with E-state index in [4.69, 9.17) is 9.15 Å². The first-order chi connectivity index (χ1) is 9.69. The van der Waals surface area contributed by atoms with Crippen molar-refractivity contribution in [1.29, 1.82) is 0 Å². The summed E-state index contributed by atoms with van der Waals surface area (Å²) in [6.45, 7) is 8.77. The van der Waals surface area contributed by atoms with Crippen molar-refractivity contribution in [3.63, 3.8) is 0 Å². The van der Waals surface area contributed by atoms with Crippen LogP contribution in [0.15, 0.2) is 10.5 Å². The highest BCUT2D eigenvalue weighted by Crippen LogP contribution is 2.18. The van der Waals surface area contributed by atoms with E-state index >= 15 is 0 Å². The molecule has 114 valence electrons. The van der Waals surface area contributed by atoms with Gasteiger partial charge in [0.15, 0.2) is 0 Å². The van der Waals surface area contributed by atoms with Crippen LogP contribution in [0.25, 0.3) is 0 Å². The lowest BCUT2D eigenvalue weighted by atomic mass is 10.1. The second-order valence-electron chi connectivity index (χ2n) is 5.78. The lowest BCUT2D eigenvalue weighted by molar-refractivity contribution is -0.00342. The molecule has 0 aromatic carbocycles. The van der Waals surface area contributed by atoms with E-state index in [0.29, 0.717) is 6.10 Å². The smallest absolute Gasteiger partial charge is 0.120 e. The molecule has 1 aliphatic rings. The number of aryl methyl sites for hydroxylation is 1. The third-order valence-corrected chi connectivity index (χ3v) is 3.82. The highest BCUT2D eigenvalue weighted by molar-refractivity contribution is 5.20. The van der Waals surface area contributed by atoms with Crippen LogP contribution in [0.5, 0.6) is 0 Å². The van der Waals surface area contributed by atoms with E-state index in [1.807, 2.05) is 0 Å². The number of likely N-dealkylation sites (N-methyl/N-ethyl adjacent to an activating group) is 1. The Morgan fingerprint density at radius 3 is 2.95 bits per heavy atom. The van der Waals surface area contributed by atoms with E-state index in [1.54, 1.807) is 0 Å². The van der Waals surface area contributed by atoms with Crippen molar-refractivity contribution in [3.05, 3.63) is 23.2 Å². The fraction of sp³-hybridized carbons (Fsp3) is 0.750. The molecule has 2 heterocycles. The van der Waals surface area contributed by atoms with E-state index in [2.05, 4.69) is 37.2 Å². The molecule has 0 spiro atoms. The summed E-state index contributed by atoms with van der Waals surface area (Å²) in [5.41, 5.74) is 1.24. The Labute approximate surface area is 122 Å². The predicted octanol–water partition coefficient (Wildman–Crippen LogP) is 2.70. The van der Waals surface area contributed by atoms with Crippen LogP contribution in [0.3, 0.4) is 0 Å². The van der Waals surface area contributed by atoms with Gasteiger partial charge in [0, 0.05) is 13.2 Å². The number of ether oxygens (including phenoxy) is 1. The Kier molecular flexibility index (Phi) is 6.07. The van der Waals surface area contributed by atoms with Gasteiger partial charge in [-0.2, -0.15) is 0 Å². The summed E-state index contributed by atoms with van der Waals surface area (Å²) in [6, 6.07) is 2.16. The number of nitrogens with one attached hydrogen (secondary N) is 1. The zero-order valence-electron chi connectivity index (χ0n) is 13.1. The molecule has 1 aromatic heterocycles. The van der Waals surface area contributed by atoms with Crippen LogP contribution in [0.2, 0.25) is 0 Å². The lowest BCUT2D eigenvalue weighted by Gasteiger charge is -2.26. The normalized spacial score (nSPS) is 19.7. The molecular weight excluding hydrogens is 252 g/mol. The standard InChI is InChI=1S/C16H28N2O2/c1-4-17-10-16-13(2)9-15(20-16)12-18(3)11-14-7-5-6-8-19-14/h9,14,17H,4-8,10-12H2,1-3H3. The first-order valence-corrected chi connectivity index (χ1v) is 7.78. The second-order valence-corrected chi connectivity index (χ2v) is 5.78. The molecule has 0 bridgehead atoms. The van der Waals surface area contributed by atoms with Crippen molar-refractivity contribution in [2.75, 3.05) is 26.7 Å². The Bertz CT molecular complexity index is 397. The SMILES string of the molecule is CCNCc1oc(CN(C)CC2CCCCO2)cc1C. The predicted molar refractivity (Wildman–Crippen MR) is 80.8 cm³/mol. The van der Waals surface area contributed by atoms with Crippen LogP contribution < -0.4 is 5.32 Å². The van der Waals surface area contributed by atoms with Gasteiger partial charge in [0.2, 0.25) is 0 Å². The summed E-state index contributed by atoms with van der Waals surface area (Å²) >= 11 is 0. The Morgan fingerprint density at radius 2 is 2.25 bits per heavy atom.